The molecule has 1 N–H and O–H groups in total. The Hall–Kier alpha value is -1.23. The first-order valence-corrected chi connectivity index (χ1v) is 12.3. The molecule has 0 amide bonds. The zero-order valence-electron chi connectivity index (χ0n) is 18.6. The monoisotopic (exact) mass is 415 g/mol. The minimum absolute atomic E-state index is 0.00225. The molecule has 0 spiro atoms. The number of ether oxygens (including phenoxy) is 1. The highest BCUT2D eigenvalue weighted by Gasteiger charge is 2.62. The van der Waals surface area contributed by atoms with E-state index < -0.39 is 0 Å². The van der Waals surface area contributed by atoms with Crippen molar-refractivity contribution in [3.63, 3.8) is 0 Å². The summed E-state index contributed by atoms with van der Waals surface area (Å²) in [6.07, 6.45) is 8.71. The molecule has 0 aromatic heterocycles. The minimum Gasteiger partial charge on any atom is -0.462 e. The molecule has 1 heterocycles. The van der Waals surface area contributed by atoms with E-state index >= 15 is 0 Å². The van der Waals surface area contributed by atoms with Crippen LogP contribution in [0, 0.1) is 40.4 Å². The van der Waals surface area contributed by atoms with Crippen molar-refractivity contribution in [2.24, 2.45) is 40.4 Å². The van der Waals surface area contributed by atoms with Crippen LogP contribution in [0.4, 0.5) is 0 Å². The number of Topliss-reactive ketones (excluding diaryl/α,β-unsaturated/α-hetero) is 2. The molecular weight excluding hydrogens is 378 g/mol. The van der Waals surface area contributed by atoms with Crippen LogP contribution in [0.5, 0.6) is 0 Å². The number of ketones is 2. The predicted octanol–water partition coefficient (Wildman–Crippen LogP) is 3.69. The van der Waals surface area contributed by atoms with Gasteiger partial charge < -0.3 is 10.1 Å². The van der Waals surface area contributed by atoms with Crippen LogP contribution in [-0.4, -0.2) is 36.7 Å². The van der Waals surface area contributed by atoms with Crippen molar-refractivity contribution in [1.29, 1.82) is 0 Å². The maximum atomic E-state index is 13.4. The smallest absolute Gasteiger partial charge is 0.310 e. The van der Waals surface area contributed by atoms with E-state index in [0.717, 1.165) is 51.5 Å². The van der Waals surface area contributed by atoms with Crippen molar-refractivity contribution in [3.8, 4) is 0 Å². The van der Waals surface area contributed by atoms with Gasteiger partial charge in [-0.3, -0.25) is 14.4 Å². The third-order valence-corrected chi connectivity index (χ3v) is 10.0. The van der Waals surface area contributed by atoms with E-state index in [1.54, 1.807) is 0 Å². The Labute approximate surface area is 180 Å². The number of nitrogens with one attached hydrogen (secondary N) is 1. The third kappa shape index (κ3) is 3.10. The summed E-state index contributed by atoms with van der Waals surface area (Å²) in [5.41, 5.74) is -0.187. The fourth-order valence-electron chi connectivity index (χ4n) is 8.20. The molecule has 0 unspecified atom stereocenters. The fourth-order valence-corrected chi connectivity index (χ4v) is 8.20. The molecule has 5 aliphatic rings. The number of rotatable bonds is 2. The molecule has 0 bridgehead atoms. The van der Waals surface area contributed by atoms with E-state index in [9.17, 15) is 14.4 Å². The average Bonchev–Trinajstić information content (AvgIpc) is 3.04. The Balaban J connectivity index is 1.30. The van der Waals surface area contributed by atoms with Crippen molar-refractivity contribution < 1.29 is 19.1 Å². The molecule has 5 nitrogen and oxygen atoms in total. The molecule has 5 fully saturated rings. The Morgan fingerprint density at radius 3 is 2.67 bits per heavy atom. The molecule has 0 radical (unpaired) electrons. The lowest BCUT2D eigenvalue weighted by atomic mass is 9.45. The van der Waals surface area contributed by atoms with E-state index in [0.29, 0.717) is 55.1 Å². The highest BCUT2D eigenvalue weighted by Crippen LogP contribution is 2.64. The lowest BCUT2D eigenvalue weighted by Gasteiger charge is -2.59. The summed E-state index contributed by atoms with van der Waals surface area (Å²) in [5.74, 6) is 1.99. The molecule has 4 aliphatic carbocycles. The molecule has 0 aromatic rings. The number of hydrogen-bond acceptors (Lipinski definition) is 5. The summed E-state index contributed by atoms with van der Waals surface area (Å²) < 4.78 is 5.93. The van der Waals surface area contributed by atoms with Crippen LogP contribution < -0.4 is 5.32 Å². The summed E-state index contributed by atoms with van der Waals surface area (Å²) in [6.45, 7) is 6.19. The van der Waals surface area contributed by atoms with Gasteiger partial charge in [-0.05, 0) is 81.1 Å². The number of hydrogen-bond donors (Lipinski definition) is 1. The van der Waals surface area contributed by atoms with Crippen LogP contribution in [0.15, 0.2) is 0 Å². The number of carbonyl (C=O) groups excluding carboxylic acids is 3. The van der Waals surface area contributed by atoms with Gasteiger partial charge in [-0.2, -0.15) is 0 Å². The molecule has 4 saturated carbocycles. The van der Waals surface area contributed by atoms with E-state index in [2.05, 4.69) is 19.2 Å². The standard InChI is InChI=1S/C25H37NO4/c1-24-9-7-16(30-23(29)15-4-3-11-26-14-15)12-20(24)21(27)13-17-18-5-6-22(28)25(18,2)10-8-19(17)24/h15-20,26H,3-14H2,1-2H3/t15-,16+,17+,18+,19+,20-,24-,25+/m1/s1. The quantitative estimate of drug-likeness (QED) is 0.697. The van der Waals surface area contributed by atoms with Gasteiger partial charge in [0, 0.05) is 30.7 Å². The van der Waals surface area contributed by atoms with Gasteiger partial charge >= 0.3 is 5.97 Å². The van der Waals surface area contributed by atoms with Gasteiger partial charge in [-0.25, -0.2) is 0 Å². The molecule has 5 heteroatoms. The zero-order valence-corrected chi connectivity index (χ0v) is 18.6. The van der Waals surface area contributed by atoms with Gasteiger partial charge in [0.15, 0.2) is 0 Å². The maximum Gasteiger partial charge on any atom is 0.310 e. The average molecular weight is 416 g/mol. The van der Waals surface area contributed by atoms with E-state index in [4.69, 9.17) is 4.74 Å². The van der Waals surface area contributed by atoms with Gasteiger partial charge in [0.2, 0.25) is 0 Å². The van der Waals surface area contributed by atoms with Gasteiger partial charge in [0.05, 0.1) is 5.92 Å². The van der Waals surface area contributed by atoms with Crippen LogP contribution in [-0.2, 0) is 19.1 Å². The summed E-state index contributed by atoms with van der Waals surface area (Å²) in [5, 5.41) is 3.29. The van der Waals surface area contributed by atoms with Crippen LogP contribution >= 0.6 is 0 Å². The Kier molecular flexibility index (Phi) is 5.11. The van der Waals surface area contributed by atoms with Crippen molar-refractivity contribution in [1.82, 2.24) is 5.32 Å². The number of piperidine rings is 1. The second-order valence-corrected chi connectivity index (χ2v) is 11.4. The summed E-state index contributed by atoms with van der Waals surface area (Å²) in [4.78, 5) is 38.6. The predicted molar refractivity (Wildman–Crippen MR) is 113 cm³/mol. The number of carbonyl (C=O) groups is 3. The molecule has 5 rings (SSSR count). The third-order valence-electron chi connectivity index (χ3n) is 10.0. The molecule has 8 atom stereocenters. The zero-order chi connectivity index (χ0) is 21.1. The minimum atomic E-state index is -0.189. The van der Waals surface area contributed by atoms with E-state index in [1.807, 2.05) is 0 Å². The van der Waals surface area contributed by atoms with Crippen LogP contribution in [0.2, 0.25) is 0 Å². The SMILES string of the molecule is C[C@]12CC[C@H](OC(=O)[C@@H]3CCCNC3)C[C@@H]1C(=O)C[C@@H]1[C@@H]2CC[C@]2(C)C(=O)CC[C@@H]12. The summed E-state index contributed by atoms with van der Waals surface area (Å²) in [6, 6.07) is 0. The molecular formula is C25H37NO4. The first-order valence-electron chi connectivity index (χ1n) is 12.3. The second-order valence-electron chi connectivity index (χ2n) is 11.4. The highest BCUT2D eigenvalue weighted by atomic mass is 16.5. The lowest BCUT2D eigenvalue weighted by Crippen LogP contribution is -2.57. The van der Waals surface area contributed by atoms with Crippen molar-refractivity contribution in [3.05, 3.63) is 0 Å². The van der Waals surface area contributed by atoms with E-state index in [1.165, 1.54) is 0 Å². The number of esters is 1. The highest BCUT2D eigenvalue weighted by molar-refractivity contribution is 5.88. The Morgan fingerprint density at radius 2 is 1.90 bits per heavy atom. The molecule has 1 saturated heterocycles. The van der Waals surface area contributed by atoms with Crippen LogP contribution in [0.1, 0.15) is 78.1 Å². The number of fused-ring (bicyclic) bond motifs is 5. The summed E-state index contributed by atoms with van der Waals surface area (Å²) >= 11 is 0. The Morgan fingerprint density at radius 1 is 1.07 bits per heavy atom. The first-order chi connectivity index (χ1) is 14.3. The van der Waals surface area contributed by atoms with Crippen molar-refractivity contribution in [2.75, 3.05) is 13.1 Å². The van der Waals surface area contributed by atoms with Gasteiger partial charge in [-0.15, -0.1) is 0 Å². The van der Waals surface area contributed by atoms with Crippen LogP contribution in [0.3, 0.4) is 0 Å². The van der Waals surface area contributed by atoms with Gasteiger partial charge in [0.1, 0.15) is 17.7 Å². The van der Waals surface area contributed by atoms with Gasteiger partial charge in [0.25, 0.3) is 0 Å². The topological polar surface area (TPSA) is 72.5 Å². The largest absolute Gasteiger partial charge is 0.462 e. The van der Waals surface area contributed by atoms with Crippen molar-refractivity contribution >= 4 is 17.5 Å². The maximum absolute atomic E-state index is 13.4. The fraction of sp³-hybridized carbons (Fsp3) is 0.880. The molecule has 166 valence electrons. The van der Waals surface area contributed by atoms with Gasteiger partial charge in [-0.1, -0.05) is 13.8 Å². The summed E-state index contributed by atoms with van der Waals surface area (Å²) in [7, 11) is 0. The first kappa shape index (κ1) is 20.7. The van der Waals surface area contributed by atoms with E-state index in [-0.39, 0.29) is 34.7 Å². The second kappa shape index (κ2) is 7.43. The molecule has 1 aliphatic heterocycles. The van der Waals surface area contributed by atoms with Crippen molar-refractivity contribution in [2.45, 2.75) is 84.2 Å². The normalized spacial score (nSPS) is 48.5. The molecule has 30 heavy (non-hydrogen) atoms. The Bertz CT molecular complexity index is 743. The van der Waals surface area contributed by atoms with Crippen LogP contribution in [0.25, 0.3) is 0 Å². The molecule has 0 aromatic carbocycles. The lowest BCUT2D eigenvalue weighted by molar-refractivity contribution is -0.172.